The molecule has 6 nitrogen and oxygen atoms in total. The van der Waals surface area contributed by atoms with Crippen LogP contribution in [0.2, 0.25) is 0 Å². The zero-order valence-electron chi connectivity index (χ0n) is 12.3. The summed E-state index contributed by atoms with van der Waals surface area (Å²) in [7, 11) is -2.93. The van der Waals surface area contributed by atoms with Gasteiger partial charge < -0.3 is 14.8 Å². The van der Waals surface area contributed by atoms with Gasteiger partial charge in [-0.05, 0) is 31.4 Å². The smallest absolute Gasteiger partial charge is 0.265 e. The Hall–Kier alpha value is -1.76. The number of fused-ring (bicyclic) bond motifs is 1. The lowest BCUT2D eigenvalue weighted by Crippen LogP contribution is -2.49. The highest BCUT2D eigenvalue weighted by Gasteiger charge is 2.35. The Bertz CT molecular complexity index is 672. The van der Waals surface area contributed by atoms with Gasteiger partial charge in [0.05, 0.1) is 11.5 Å². The fourth-order valence-corrected chi connectivity index (χ4v) is 4.65. The molecule has 120 valence electrons. The number of carbonyl (C=O) groups is 1. The van der Waals surface area contributed by atoms with Crippen molar-refractivity contribution in [3.8, 4) is 11.5 Å². The second kappa shape index (κ2) is 5.79. The Morgan fingerprint density at radius 1 is 1.27 bits per heavy atom. The summed E-state index contributed by atoms with van der Waals surface area (Å²) in [6.07, 6.45) is -0.529. The average Bonchev–Trinajstić information content (AvgIpc) is 2.83. The number of benzene rings is 1. The van der Waals surface area contributed by atoms with Crippen molar-refractivity contribution < 1.29 is 22.7 Å². The van der Waals surface area contributed by atoms with Crippen LogP contribution in [0.3, 0.4) is 0 Å². The van der Waals surface area contributed by atoms with E-state index in [1.807, 2.05) is 12.1 Å². The van der Waals surface area contributed by atoms with E-state index in [1.54, 1.807) is 19.1 Å². The van der Waals surface area contributed by atoms with Gasteiger partial charge in [-0.3, -0.25) is 4.79 Å². The maximum atomic E-state index is 12.3. The van der Waals surface area contributed by atoms with Gasteiger partial charge >= 0.3 is 0 Å². The van der Waals surface area contributed by atoms with E-state index in [1.165, 1.54) is 0 Å². The van der Waals surface area contributed by atoms with Crippen LogP contribution in [-0.2, 0) is 14.6 Å². The Balaban J connectivity index is 1.59. The molecule has 22 heavy (non-hydrogen) atoms. The van der Waals surface area contributed by atoms with Crippen molar-refractivity contribution in [1.82, 2.24) is 5.32 Å². The molecule has 0 unspecified atom stereocenters. The van der Waals surface area contributed by atoms with Crippen molar-refractivity contribution in [2.45, 2.75) is 25.6 Å². The molecule has 1 amide bonds. The minimum absolute atomic E-state index is 0.0129. The molecular weight excluding hydrogens is 306 g/mol. The van der Waals surface area contributed by atoms with Gasteiger partial charge in [0.1, 0.15) is 6.10 Å². The largest absolute Gasteiger partial charge is 0.482 e. The minimum atomic E-state index is -2.93. The highest BCUT2D eigenvalue weighted by Crippen LogP contribution is 2.33. The Labute approximate surface area is 129 Å². The molecule has 0 aromatic heterocycles. The lowest BCUT2D eigenvalue weighted by atomic mass is 10.1. The Morgan fingerprint density at radius 3 is 2.59 bits per heavy atom. The third-order valence-corrected chi connectivity index (χ3v) is 5.83. The van der Waals surface area contributed by atoms with Crippen LogP contribution in [0.15, 0.2) is 24.3 Å². The highest BCUT2D eigenvalue weighted by molar-refractivity contribution is 7.91. The van der Waals surface area contributed by atoms with Gasteiger partial charge in [-0.1, -0.05) is 12.1 Å². The van der Waals surface area contributed by atoms with E-state index in [0.717, 1.165) is 0 Å². The number of carbonyl (C=O) groups excluding carboxylic acids is 1. The monoisotopic (exact) mass is 325 g/mol. The first-order chi connectivity index (χ1) is 10.4. The summed E-state index contributed by atoms with van der Waals surface area (Å²) in [5.74, 6) is 1.24. The number of hydrogen-bond acceptors (Lipinski definition) is 5. The number of rotatable bonds is 3. The number of nitrogens with one attached hydrogen (secondary N) is 1. The number of amides is 1. The fraction of sp³-hybridized carbons (Fsp3) is 0.533. The van der Waals surface area contributed by atoms with Crippen LogP contribution in [0.1, 0.15) is 13.3 Å². The first-order valence-electron chi connectivity index (χ1n) is 7.35. The maximum Gasteiger partial charge on any atom is 0.265 e. The molecule has 1 aromatic carbocycles. The van der Waals surface area contributed by atoms with E-state index in [9.17, 15) is 13.2 Å². The fourth-order valence-electron chi connectivity index (χ4n) is 2.78. The lowest BCUT2D eigenvalue weighted by Gasteiger charge is -2.31. The number of para-hydroxylation sites is 2. The van der Waals surface area contributed by atoms with Gasteiger partial charge in [0.15, 0.2) is 21.3 Å². The van der Waals surface area contributed by atoms with Crippen LogP contribution in [0.4, 0.5) is 0 Å². The van der Waals surface area contributed by atoms with Crippen molar-refractivity contribution in [1.29, 1.82) is 0 Å². The molecule has 2 aliphatic rings. The summed E-state index contributed by atoms with van der Waals surface area (Å²) in [6, 6.07) is 7.21. The zero-order valence-corrected chi connectivity index (χ0v) is 13.1. The summed E-state index contributed by atoms with van der Waals surface area (Å²) < 4.78 is 34.2. The number of ether oxygens (including phenoxy) is 2. The summed E-state index contributed by atoms with van der Waals surface area (Å²) in [5.41, 5.74) is 0. The first kappa shape index (κ1) is 15.1. The molecule has 0 radical (unpaired) electrons. The SMILES string of the molecule is C[C@@H]1Oc2ccccc2O[C@H]1C(=O)NC[C@H]1CCS(=O)(=O)C1. The minimum Gasteiger partial charge on any atom is -0.482 e. The van der Waals surface area contributed by atoms with Crippen molar-refractivity contribution in [3.05, 3.63) is 24.3 Å². The third kappa shape index (κ3) is 3.19. The molecule has 2 aliphatic heterocycles. The average molecular weight is 325 g/mol. The number of sulfone groups is 1. The van der Waals surface area contributed by atoms with E-state index < -0.39 is 22.0 Å². The van der Waals surface area contributed by atoms with E-state index in [0.29, 0.717) is 24.5 Å². The van der Waals surface area contributed by atoms with Crippen LogP contribution in [-0.4, -0.2) is 44.6 Å². The second-order valence-corrected chi connectivity index (χ2v) is 8.05. The van der Waals surface area contributed by atoms with E-state index in [-0.39, 0.29) is 23.3 Å². The molecule has 7 heteroatoms. The molecule has 0 aliphatic carbocycles. The summed E-state index contributed by atoms with van der Waals surface area (Å²) in [6.45, 7) is 2.13. The Morgan fingerprint density at radius 2 is 1.95 bits per heavy atom. The first-order valence-corrected chi connectivity index (χ1v) is 9.17. The van der Waals surface area contributed by atoms with Crippen molar-refractivity contribution in [2.24, 2.45) is 5.92 Å². The van der Waals surface area contributed by atoms with Gasteiger partial charge in [0.25, 0.3) is 5.91 Å². The molecule has 3 atom stereocenters. The predicted molar refractivity (Wildman–Crippen MR) is 80.7 cm³/mol. The topological polar surface area (TPSA) is 81.7 Å². The summed E-state index contributed by atoms with van der Waals surface area (Å²) in [4.78, 5) is 12.3. The van der Waals surface area contributed by atoms with Crippen LogP contribution < -0.4 is 14.8 Å². The van der Waals surface area contributed by atoms with Gasteiger partial charge in [-0.2, -0.15) is 0 Å². The standard InChI is InChI=1S/C15H19NO5S/c1-10-14(21-13-5-3-2-4-12(13)20-10)15(17)16-8-11-6-7-22(18,19)9-11/h2-5,10-11,14H,6-9H2,1H3,(H,16,17)/t10-,11+,14+/m0/s1. The molecule has 2 heterocycles. The molecule has 1 N–H and O–H groups in total. The quantitative estimate of drug-likeness (QED) is 0.887. The van der Waals surface area contributed by atoms with Gasteiger partial charge in [-0.15, -0.1) is 0 Å². The van der Waals surface area contributed by atoms with E-state index in [2.05, 4.69) is 5.32 Å². The van der Waals surface area contributed by atoms with Gasteiger partial charge in [0, 0.05) is 6.54 Å². The van der Waals surface area contributed by atoms with E-state index in [4.69, 9.17) is 9.47 Å². The third-order valence-electron chi connectivity index (χ3n) is 3.99. The molecule has 3 rings (SSSR count). The predicted octanol–water partition coefficient (Wildman–Crippen LogP) is 0.766. The van der Waals surface area contributed by atoms with E-state index >= 15 is 0 Å². The summed E-state index contributed by atoms with van der Waals surface area (Å²) >= 11 is 0. The van der Waals surface area contributed by atoms with Crippen LogP contribution >= 0.6 is 0 Å². The zero-order chi connectivity index (χ0) is 15.7. The van der Waals surface area contributed by atoms with Crippen molar-refractivity contribution >= 4 is 15.7 Å². The molecule has 0 saturated carbocycles. The molecular formula is C15H19NO5S. The lowest BCUT2D eigenvalue weighted by molar-refractivity contribution is -0.133. The molecule has 0 spiro atoms. The van der Waals surface area contributed by atoms with Gasteiger partial charge in [0.2, 0.25) is 6.10 Å². The van der Waals surface area contributed by atoms with Gasteiger partial charge in [-0.25, -0.2) is 8.42 Å². The van der Waals surface area contributed by atoms with Crippen LogP contribution in [0, 0.1) is 5.92 Å². The molecule has 1 fully saturated rings. The number of hydrogen-bond donors (Lipinski definition) is 1. The van der Waals surface area contributed by atoms with Crippen LogP contribution in [0.25, 0.3) is 0 Å². The normalized spacial score (nSPS) is 29.0. The second-order valence-electron chi connectivity index (χ2n) is 5.82. The van der Waals surface area contributed by atoms with Crippen molar-refractivity contribution in [3.63, 3.8) is 0 Å². The van der Waals surface area contributed by atoms with Crippen LogP contribution in [0.5, 0.6) is 11.5 Å². The highest BCUT2D eigenvalue weighted by atomic mass is 32.2. The summed E-state index contributed by atoms with van der Waals surface area (Å²) in [5, 5.41) is 2.78. The molecule has 1 saturated heterocycles. The van der Waals surface area contributed by atoms with Crippen molar-refractivity contribution in [2.75, 3.05) is 18.1 Å². The maximum absolute atomic E-state index is 12.3. The Kier molecular flexibility index (Phi) is 3.99. The molecule has 0 bridgehead atoms. The molecule has 1 aromatic rings.